The number of piperidine rings is 1. The van der Waals surface area contributed by atoms with Crippen LogP contribution < -0.4 is 0 Å². The van der Waals surface area contributed by atoms with Gasteiger partial charge in [0.2, 0.25) is 0 Å². The number of hydrogen-bond acceptors (Lipinski definition) is 1. The fraction of sp³-hybridized carbons (Fsp3) is 1.00. The quantitative estimate of drug-likeness (QED) is 0.609. The Bertz CT molecular complexity index is 106. The van der Waals surface area contributed by atoms with Gasteiger partial charge < -0.3 is 4.90 Å². The Morgan fingerprint density at radius 1 is 1.55 bits per heavy atom. The van der Waals surface area contributed by atoms with Gasteiger partial charge in [-0.05, 0) is 31.7 Å². The van der Waals surface area contributed by atoms with Crippen LogP contribution in [0.5, 0.6) is 0 Å². The van der Waals surface area contributed by atoms with Crippen molar-refractivity contribution in [2.45, 2.75) is 26.2 Å². The molecule has 11 heavy (non-hydrogen) atoms. The topological polar surface area (TPSA) is 3.24 Å². The number of alkyl halides is 1. The van der Waals surface area contributed by atoms with Crippen LogP contribution in [-0.2, 0) is 0 Å². The van der Waals surface area contributed by atoms with Crippen molar-refractivity contribution >= 4 is 0 Å². The van der Waals surface area contributed by atoms with E-state index in [0.29, 0.717) is 6.42 Å². The molecular weight excluding hydrogens is 141 g/mol. The Labute approximate surface area is 68.6 Å². The third-order valence-electron chi connectivity index (χ3n) is 2.35. The molecule has 66 valence electrons. The van der Waals surface area contributed by atoms with Crippen molar-refractivity contribution in [1.82, 2.24) is 4.90 Å². The third kappa shape index (κ3) is 3.19. The molecular formula is C9H18FN. The highest BCUT2D eigenvalue weighted by Crippen LogP contribution is 2.15. The van der Waals surface area contributed by atoms with E-state index in [-0.39, 0.29) is 6.67 Å². The lowest BCUT2D eigenvalue weighted by Crippen LogP contribution is -2.35. The second kappa shape index (κ2) is 4.70. The van der Waals surface area contributed by atoms with Crippen molar-refractivity contribution in [3.05, 3.63) is 0 Å². The molecule has 0 amide bonds. The van der Waals surface area contributed by atoms with Gasteiger partial charge in [0.15, 0.2) is 0 Å². The maximum atomic E-state index is 11.8. The van der Waals surface area contributed by atoms with Gasteiger partial charge in [0.25, 0.3) is 0 Å². The van der Waals surface area contributed by atoms with E-state index in [9.17, 15) is 4.39 Å². The van der Waals surface area contributed by atoms with Crippen molar-refractivity contribution in [3.8, 4) is 0 Å². The van der Waals surface area contributed by atoms with Crippen LogP contribution in [0.25, 0.3) is 0 Å². The number of nitrogens with zero attached hydrogens (tertiary/aromatic N) is 1. The Hall–Kier alpha value is -0.110. The standard InChI is InChI=1S/C9H18FN/c1-9-4-2-6-11(8-9)7-3-5-10/h9H,2-8H2,1H3/t9-/m0/s1. The molecule has 0 bridgehead atoms. The van der Waals surface area contributed by atoms with Gasteiger partial charge in [-0.15, -0.1) is 0 Å². The van der Waals surface area contributed by atoms with Gasteiger partial charge in [0.1, 0.15) is 0 Å². The lowest BCUT2D eigenvalue weighted by Gasteiger charge is -2.30. The summed E-state index contributed by atoms with van der Waals surface area (Å²) >= 11 is 0. The smallest absolute Gasteiger partial charge is 0.0906 e. The van der Waals surface area contributed by atoms with Crippen LogP contribution in [0.15, 0.2) is 0 Å². The highest BCUT2D eigenvalue weighted by Gasteiger charge is 2.14. The average Bonchev–Trinajstić information content (AvgIpc) is 2.01. The molecule has 0 spiro atoms. The summed E-state index contributed by atoms with van der Waals surface area (Å²) in [5.41, 5.74) is 0. The van der Waals surface area contributed by atoms with Crippen molar-refractivity contribution in [1.29, 1.82) is 0 Å². The molecule has 0 radical (unpaired) electrons. The summed E-state index contributed by atoms with van der Waals surface area (Å²) in [6.45, 7) is 5.44. The molecule has 1 saturated heterocycles. The van der Waals surface area contributed by atoms with Crippen LogP contribution in [-0.4, -0.2) is 31.2 Å². The van der Waals surface area contributed by atoms with Gasteiger partial charge in [-0.25, -0.2) is 0 Å². The Balaban J connectivity index is 2.12. The zero-order valence-corrected chi connectivity index (χ0v) is 7.35. The molecule has 1 fully saturated rings. The molecule has 0 saturated carbocycles. The SMILES string of the molecule is C[C@H]1CCCN(CCCF)C1. The maximum Gasteiger partial charge on any atom is 0.0906 e. The van der Waals surface area contributed by atoms with E-state index in [4.69, 9.17) is 0 Å². The first-order valence-electron chi connectivity index (χ1n) is 4.61. The van der Waals surface area contributed by atoms with Crippen LogP contribution in [0.1, 0.15) is 26.2 Å². The number of rotatable bonds is 3. The Morgan fingerprint density at radius 2 is 2.36 bits per heavy atom. The molecule has 1 aliphatic heterocycles. The molecule has 0 aromatic rings. The lowest BCUT2D eigenvalue weighted by atomic mass is 10.0. The summed E-state index contributed by atoms with van der Waals surface area (Å²) in [5.74, 6) is 0.823. The maximum absolute atomic E-state index is 11.8. The van der Waals surface area contributed by atoms with Crippen molar-refractivity contribution in [2.75, 3.05) is 26.3 Å². The summed E-state index contributed by atoms with van der Waals surface area (Å²) in [4.78, 5) is 2.38. The fourth-order valence-corrected chi connectivity index (χ4v) is 1.77. The third-order valence-corrected chi connectivity index (χ3v) is 2.35. The van der Waals surface area contributed by atoms with Gasteiger partial charge in [0, 0.05) is 13.1 Å². The minimum absolute atomic E-state index is 0.162. The van der Waals surface area contributed by atoms with Crippen molar-refractivity contribution in [2.24, 2.45) is 5.92 Å². The van der Waals surface area contributed by atoms with Crippen molar-refractivity contribution in [3.63, 3.8) is 0 Å². The van der Waals surface area contributed by atoms with Gasteiger partial charge in [-0.3, -0.25) is 4.39 Å². The first kappa shape index (κ1) is 8.98. The summed E-state index contributed by atoms with van der Waals surface area (Å²) in [5, 5.41) is 0. The largest absolute Gasteiger partial charge is 0.303 e. The predicted molar refractivity (Wildman–Crippen MR) is 45.4 cm³/mol. The second-order valence-electron chi connectivity index (χ2n) is 3.59. The summed E-state index contributed by atoms with van der Waals surface area (Å²) in [7, 11) is 0. The molecule has 0 unspecified atom stereocenters. The zero-order chi connectivity index (χ0) is 8.10. The molecule has 2 heteroatoms. The van der Waals surface area contributed by atoms with Crippen molar-refractivity contribution < 1.29 is 4.39 Å². The predicted octanol–water partition coefficient (Wildman–Crippen LogP) is 2.08. The van der Waals surface area contributed by atoms with E-state index in [2.05, 4.69) is 11.8 Å². The summed E-state index contributed by atoms with van der Waals surface area (Å²) in [6.07, 6.45) is 3.37. The monoisotopic (exact) mass is 159 g/mol. The minimum atomic E-state index is -0.162. The first-order valence-corrected chi connectivity index (χ1v) is 4.61. The molecule has 0 aliphatic carbocycles. The van der Waals surface area contributed by atoms with E-state index >= 15 is 0 Å². The molecule has 1 rings (SSSR count). The highest BCUT2D eigenvalue weighted by molar-refractivity contribution is 4.69. The van der Waals surface area contributed by atoms with Crippen LogP contribution in [0.4, 0.5) is 4.39 Å². The Kier molecular flexibility index (Phi) is 3.84. The summed E-state index contributed by atoms with van der Waals surface area (Å²) < 4.78 is 11.8. The normalized spacial score (nSPS) is 27.3. The van der Waals surface area contributed by atoms with Gasteiger partial charge in [0.05, 0.1) is 6.67 Å². The highest BCUT2D eigenvalue weighted by atomic mass is 19.1. The van der Waals surface area contributed by atoms with E-state index in [1.54, 1.807) is 0 Å². The van der Waals surface area contributed by atoms with E-state index in [1.807, 2.05) is 0 Å². The zero-order valence-electron chi connectivity index (χ0n) is 7.35. The molecule has 1 atom stereocenters. The minimum Gasteiger partial charge on any atom is -0.303 e. The van der Waals surface area contributed by atoms with E-state index < -0.39 is 0 Å². The average molecular weight is 159 g/mol. The number of halogens is 1. The van der Waals surface area contributed by atoms with Crippen LogP contribution >= 0.6 is 0 Å². The summed E-state index contributed by atoms with van der Waals surface area (Å²) in [6, 6.07) is 0. The van der Waals surface area contributed by atoms with Gasteiger partial charge in [-0.2, -0.15) is 0 Å². The van der Waals surface area contributed by atoms with E-state index in [1.165, 1.54) is 25.9 Å². The molecule has 1 nitrogen and oxygen atoms in total. The van der Waals surface area contributed by atoms with Crippen LogP contribution in [0, 0.1) is 5.92 Å². The first-order chi connectivity index (χ1) is 5.33. The van der Waals surface area contributed by atoms with Crippen LogP contribution in [0.2, 0.25) is 0 Å². The molecule has 0 N–H and O–H groups in total. The molecule has 1 heterocycles. The lowest BCUT2D eigenvalue weighted by molar-refractivity contribution is 0.177. The Morgan fingerprint density at radius 3 is 3.00 bits per heavy atom. The van der Waals surface area contributed by atoms with Gasteiger partial charge >= 0.3 is 0 Å². The molecule has 1 aliphatic rings. The van der Waals surface area contributed by atoms with Gasteiger partial charge in [-0.1, -0.05) is 6.92 Å². The fourth-order valence-electron chi connectivity index (χ4n) is 1.77. The number of likely N-dealkylation sites (tertiary alicyclic amines) is 1. The van der Waals surface area contributed by atoms with E-state index in [0.717, 1.165) is 12.5 Å². The second-order valence-corrected chi connectivity index (χ2v) is 3.59. The molecule has 0 aromatic heterocycles. The molecule has 0 aromatic carbocycles. The van der Waals surface area contributed by atoms with Crippen LogP contribution in [0.3, 0.4) is 0 Å². The number of hydrogen-bond donors (Lipinski definition) is 0.